The van der Waals surface area contributed by atoms with E-state index in [-0.39, 0.29) is 30.7 Å². The summed E-state index contributed by atoms with van der Waals surface area (Å²) >= 11 is 0. The second kappa shape index (κ2) is 8.89. The molecule has 1 saturated heterocycles. The predicted molar refractivity (Wildman–Crippen MR) is 104 cm³/mol. The Morgan fingerprint density at radius 1 is 1.32 bits per heavy atom. The largest absolute Gasteiger partial charge is 0.490 e. The van der Waals surface area contributed by atoms with Gasteiger partial charge in [0.15, 0.2) is 16.1 Å². The van der Waals surface area contributed by atoms with E-state index >= 15 is 0 Å². The molecular weight excluding hydrogens is 382 g/mol. The summed E-state index contributed by atoms with van der Waals surface area (Å²) in [4.78, 5) is 13.0. The number of rotatable bonds is 9. The van der Waals surface area contributed by atoms with Crippen LogP contribution >= 0.6 is 0 Å². The third-order valence-corrected chi connectivity index (χ3v) is 6.55. The van der Waals surface area contributed by atoms with Crippen LogP contribution in [0, 0.1) is 6.92 Å². The summed E-state index contributed by atoms with van der Waals surface area (Å²) in [6.07, 6.45) is 0.388. The summed E-state index contributed by atoms with van der Waals surface area (Å²) in [5.74, 6) is 2.15. The average molecular weight is 407 g/mol. The van der Waals surface area contributed by atoms with Gasteiger partial charge in [0.25, 0.3) is 0 Å². The Labute approximate surface area is 164 Å². The number of para-hydroxylation sites is 1. The van der Waals surface area contributed by atoms with E-state index in [1.165, 1.54) is 0 Å². The van der Waals surface area contributed by atoms with Crippen LogP contribution in [0.3, 0.4) is 0 Å². The minimum absolute atomic E-state index is 0.00198. The number of aliphatic hydroxyl groups excluding tert-OH is 1. The van der Waals surface area contributed by atoms with Gasteiger partial charge in [0, 0.05) is 12.6 Å². The second-order valence-electron chi connectivity index (χ2n) is 7.12. The van der Waals surface area contributed by atoms with Gasteiger partial charge in [0.1, 0.15) is 30.0 Å². The van der Waals surface area contributed by atoms with E-state index in [1.54, 1.807) is 24.3 Å². The highest BCUT2D eigenvalue weighted by Gasteiger charge is 2.33. The van der Waals surface area contributed by atoms with Crippen LogP contribution < -0.4 is 4.74 Å². The van der Waals surface area contributed by atoms with Crippen molar-refractivity contribution < 1.29 is 27.5 Å². The molecule has 0 aliphatic carbocycles. The van der Waals surface area contributed by atoms with Crippen molar-refractivity contribution in [3.8, 4) is 5.75 Å². The topological polar surface area (TPSA) is 97.0 Å². The molecule has 2 heterocycles. The molecular formula is C20H25NO6S. The van der Waals surface area contributed by atoms with Gasteiger partial charge >= 0.3 is 0 Å². The molecule has 0 spiro atoms. The Kier molecular flexibility index (Phi) is 6.53. The molecule has 1 aromatic carbocycles. The highest BCUT2D eigenvalue weighted by atomic mass is 32.2. The number of hydrogen-bond donors (Lipinski definition) is 1. The van der Waals surface area contributed by atoms with E-state index in [1.807, 2.05) is 24.0 Å². The van der Waals surface area contributed by atoms with Gasteiger partial charge in [0.2, 0.25) is 0 Å². The van der Waals surface area contributed by atoms with Crippen molar-refractivity contribution in [2.75, 3.05) is 24.7 Å². The zero-order valence-corrected chi connectivity index (χ0v) is 16.6. The fourth-order valence-electron chi connectivity index (χ4n) is 3.40. The van der Waals surface area contributed by atoms with Crippen molar-refractivity contribution in [3.05, 3.63) is 53.5 Å². The lowest BCUT2D eigenvalue weighted by atomic mass is 10.2. The standard InChI is InChI=1S/C20H25NO6S/c1-15-6-7-19(27-15)11-21(17-8-9-28(24,25)14-17)10-18(23)13-26-20-5-3-2-4-16(20)12-22/h2-7,12,17-18,23H,8-11,13-14H2,1H3. The minimum atomic E-state index is -3.05. The summed E-state index contributed by atoms with van der Waals surface area (Å²) in [6.45, 7) is 2.50. The number of carbonyl (C=O) groups is 1. The van der Waals surface area contributed by atoms with Crippen molar-refractivity contribution in [1.82, 2.24) is 4.90 Å². The number of sulfone groups is 1. The maximum atomic E-state index is 11.9. The molecule has 0 bridgehead atoms. The molecule has 2 aromatic rings. The van der Waals surface area contributed by atoms with Gasteiger partial charge in [-0.15, -0.1) is 0 Å². The first kappa shape index (κ1) is 20.6. The maximum absolute atomic E-state index is 11.9. The summed E-state index contributed by atoms with van der Waals surface area (Å²) in [6, 6.07) is 10.3. The van der Waals surface area contributed by atoms with Crippen molar-refractivity contribution in [1.29, 1.82) is 0 Å². The number of aldehydes is 1. The monoisotopic (exact) mass is 407 g/mol. The molecule has 1 N–H and O–H groups in total. The van der Waals surface area contributed by atoms with Gasteiger partial charge < -0.3 is 14.3 Å². The lowest BCUT2D eigenvalue weighted by Gasteiger charge is -2.29. The lowest BCUT2D eigenvalue weighted by Crippen LogP contribution is -2.42. The van der Waals surface area contributed by atoms with E-state index < -0.39 is 15.9 Å². The molecule has 0 saturated carbocycles. The molecule has 1 fully saturated rings. The normalized spacial score (nSPS) is 19.6. The van der Waals surface area contributed by atoms with Crippen LogP contribution in [-0.4, -0.2) is 61.5 Å². The van der Waals surface area contributed by atoms with Crippen molar-refractivity contribution in [2.45, 2.75) is 32.0 Å². The van der Waals surface area contributed by atoms with Gasteiger partial charge in [-0.1, -0.05) is 12.1 Å². The van der Waals surface area contributed by atoms with Crippen LogP contribution in [0.5, 0.6) is 5.75 Å². The molecule has 3 rings (SSSR count). The maximum Gasteiger partial charge on any atom is 0.153 e. The van der Waals surface area contributed by atoms with Crippen LogP contribution in [-0.2, 0) is 16.4 Å². The molecule has 1 aromatic heterocycles. The van der Waals surface area contributed by atoms with Crippen molar-refractivity contribution in [3.63, 3.8) is 0 Å². The van der Waals surface area contributed by atoms with E-state index in [2.05, 4.69) is 0 Å². The van der Waals surface area contributed by atoms with E-state index in [9.17, 15) is 18.3 Å². The molecule has 0 amide bonds. The quantitative estimate of drug-likeness (QED) is 0.634. The van der Waals surface area contributed by atoms with E-state index in [0.717, 1.165) is 11.5 Å². The molecule has 8 heteroatoms. The Morgan fingerprint density at radius 3 is 2.75 bits per heavy atom. The molecule has 152 valence electrons. The number of ether oxygens (including phenoxy) is 1. The highest BCUT2D eigenvalue weighted by Crippen LogP contribution is 2.22. The number of furan rings is 1. The number of aliphatic hydroxyl groups is 1. The van der Waals surface area contributed by atoms with E-state index in [4.69, 9.17) is 9.15 Å². The Hall–Kier alpha value is -2.16. The average Bonchev–Trinajstić information content (AvgIpc) is 3.24. The fourth-order valence-corrected chi connectivity index (χ4v) is 5.16. The molecule has 0 radical (unpaired) electrons. The van der Waals surface area contributed by atoms with Crippen LogP contribution in [0.2, 0.25) is 0 Å². The van der Waals surface area contributed by atoms with E-state index in [0.29, 0.717) is 30.6 Å². The van der Waals surface area contributed by atoms with Crippen molar-refractivity contribution >= 4 is 16.1 Å². The number of aryl methyl sites for hydroxylation is 1. The summed E-state index contributed by atoms with van der Waals surface area (Å²) < 4.78 is 35.0. The van der Waals surface area contributed by atoms with Gasteiger partial charge in [-0.3, -0.25) is 9.69 Å². The molecule has 2 atom stereocenters. The Morgan fingerprint density at radius 2 is 2.11 bits per heavy atom. The molecule has 28 heavy (non-hydrogen) atoms. The summed E-state index contributed by atoms with van der Waals surface area (Å²) in [7, 11) is -3.05. The number of nitrogens with zero attached hydrogens (tertiary/aromatic N) is 1. The number of benzene rings is 1. The van der Waals surface area contributed by atoms with Gasteiger partial charge in [-0.25, -0.2) is 8.42 Å². The van der Waals surface area contributed by atoms with Gasteiger partial charge in [-0.2, -0.15) is 0 Å². The van der Waals surface area contributed by atoms with Gasteiger partial charge in [-0.05, 0) is 37.6 Å². The summed E-state index contributed by atoms with van der Waals surface area (Å²) in [5.41, 5.74) is 0.416. The first-order valence-electron chi connectivity index (χ1n) is 9.21. The Bertz CT molecular complexity index is 907. The third kappa shape index (κ3) is 5.43. The number of carbonyl (C=O) groups excluding carboxylic acids is 1. The van der Waals surface area contributed by atoms with Crippen LogP contribution in [0.15, 0.2) is 40.8 Å². The third-order valence-electron chi connectivity index (χ3n) is 4.80. The fraction of sp³-hybridized carbons (Fsp3) is 0.450. The minimum Gasteiger partial charge on any atom is -0.490 e. The SMILES string of the molecule is Cc1ccc(CN(CC(O)COc2ccccc2C=O)C2CCS(=O)(=O)C2)o1. The van der Waals surface area contributed by atoms with Crippen LogP contribution in [0.4, 0.5) is 0 Å². The highest BCUT2D eigenvalue weighted by molar-refractivity contribution is 7.91. The first-order chi connectivity index (χ1) is 13.4. The Balaban J connectivity index is 1.65. The zero-order valence-electron chi connectivity index (χ0n) is 15.8. The molecule has 1 aliphatic rings. The number of hydrogen-bond acceptors (Lipinski definition) is 7. The lowest BCUT2D eigenvalue weighted by molar-refractivity contribution is 0.0493. The second-order valence-corrected chi connectivity index (χ2v) is 9.35. The van der Waals surface area contributed by atoms with Gasteiger partial charge in [0.05, 0.1) is 23.6 Å². The zero-order chi connectivity index (χ0) is 20.1. The first-order valence-corrected chi connectivity index (χ1v) is 11.0. The molecule has 2 unspecified atom stereocenters. The summed E-state index contributed by atoms with van der Waals surface area (Å²) in [5, 5.41) is 10.5. The van der Waals surface area contributed by atoms with Crippen LogP contribution in [0.25, 0.3) is 0 Å². The van der Waals surface area contributed by atoms with Crippen molar-refractivity contribution in [2.24, 2.45) is 0 Å². The smallest absolute Gasteiger partial charge is 0.153 e. The predicted octanol–water partition coefficient (Wildman–Crippen LogP) is 1.83. The van der Waals surface area contributed by atoms with Crippen LogP contribution in [0.1, 0.15) is 28.3 Å². The molecule has 7 nitrogen and oxygen atoms in total. The molecule has 1 aliphatic heterocycles.